The molecule has 0 saturated heterocycles. The Bertz CT molecular complexity index is 519. The van der Waals surface area contributed by atoms with Crippen molar-refractivity contribution in [3.05, 3.63) is 29.8 Å². The fourth-order valence-electron chi connectivity index (χ4n) is 3.95. The lowest BCUT2D eigenvalue weighted by molar-refractivity contribution is 0.322. The van der Waals surface area contributed by atoms with Crippen LogP contribution in [0.3, 0.4) is 0 Å². The van der Waals surface area contributed by atoms with Gasteiger partial charge < -0.3 is 10.2 Å². The van der Waals surface area contributed by atoms with Gasteiger partial charge in [-0.2, -0.15) is 5.26 Å². The van der Waals surface area contributed by atoms with Crippen molar-refractivity contribution in [2.24, 2.45) is 5.92 Å². The molecule has 0 radical (unpaired) electrons. The Morgan fingerprint density at radius 1 is 1.45 bits per heavy atom. The number of benzene rings is 1. The van der Waals surface area contributed by atoms with E-state index in [1.165, 1.54) is 24.1 Å². The van der Waals surface area contributed by atoms with Crippen molar-refractivity contribution in [3.8, 4) is 6.07 Å². The molecule has 3 nitrogen and oxygen atoms in total. The van der Waals surface area contributed by atoms with Gasteiger partial charge in [0.25, 0.3) is 0 Å². The summed E-state index contributed by atoms with van der Waals surface area (Å²) in [5.74, 6) is 0.491. The molecule has 1 N–H and O–H groups in total. The number of nitriles is 1. The number of nitrogens with zero attached hydrogens (tertiary/aromatic N) is 2. The maximum Gasteiger partial charge on any atom is 0.109 e. The number of fused-ring (bicyclic) bond motifs is 1. The lowest BCUT2D eigenvalue weighted by Gasteiger charge is -2.30. The van der Waals surface area contributed by atoms with Crippen LogP contribution >= 0.6 is 0 Å². The molecule has 1 aliphatic carbocycles. The van der Waals surface area contributed by atoms with Crippen LogP contribution in [0.5, 0.6) is 0 Å². The summed E-state index contributed by atoms with van der Waals surface area (Å²) in [6.45, 7) is 2.21. The van der Waals surface area contributed by atoms with Crippen LogP contribution in [0.2, 0.25) is 0 Å². The molecular weight excluding hydrogens is 246 g/mol. The SMILES string of the molecule is CNC1(C#N)CCCC1CCN1CCc2ccccc21. The second kappa shape index (κ2) is 5.46. The van der Waals surface area contributed by atoms with Gasteiger partial charge in [0, 0.05) is 18.8 Å². The summed E-state index contributed by atoms with van der Waals surface area (Å²) < 4.78 is 0. The summed E-state index contributed by atoms with van der Waals surface area (Å²) in [5.41, 5.74) is 2.59. The lowest BCUT2D eigenvalue weighted by atomic mass is 9.86. The fourth-order valence-corrected chi connectivity index (χ4v) is 3.95. The van der Waals surface area contributed by atoms with E-state index in [0.717, 1.165) is 32.4 Å². The van der Waals surface area contributed by atoms with Gasteiger partial charge in [-0.25, -0.2) is 0 Å². The van der Waals surface area contributed by atoms with E-state index in [1.807, 2.05) is 7.05 Å². The number of hydrogen-bond donors (Lipinski definition) is 1. The Balaban J connectivity index is 1.65. The maximum atomic E-state index is 9.51. The van der Waals surface area contributed by atoms with Crippen LogP contribution in [0.4, 0.5) is 5.69 Å². The molecule has 1 aromatic rings. The number of anilines is 1. The van der Waals surface area contributed by atoms with E-state index in [4.69, 9.17) is 0 Å². The molecule has 20 heavy (non-hydrogen) atoms. The molecule has 0 amide bonds. The molecule has 0 bridgehead atoms. The van der Waals surface area contributed by atoms with E-state index in [1.54, 1.807) is 0 Å². The first-order chi connectivity index (χ1) is 9.79. The van der Waals surface area contributed by atoms with Gasteiger partial charge in [-0.15, -0.1) is 0 Å². The first kappa shape index (κ1) is 13.5. The fraction of sp³-hybridized carbons (Fsp3) is 0.588. The van der Waals surface area contributed by atoms with Crippen molar-refractivity contribution < 1.29 is 0 Å². The predicted molar refractivity (Wildman–Crippen MR) is 81.7 cm³/mol. The van der Waals surface area contributed by atoms with Crippen LogP contribution in [0, 0.1) is 17.2 Å². The molecule has 1 fully saturated rings. The third-order valence-corrected chi connectivity index (χ3v) is 5.20. The van der Waals surface area contributed by atoms with E-state index < -0.39 is 0 Å². The highest BCUT2D eigenvalue weighted by atomic mass is 15.1. The molecule has 2 atom stereocenters. The van der Waals surface area contributed by atoms with Gasteiger partial charge >= 0.3 is 0 Å². The number of nitrogens with one attached hydrogen (secondary N) is 1. The zero-order valence-corrected chi connectivity index (χ0v) is 12.2. The smallest absolute Gasteiger partial charge is 0.109 e. The Hall–Kier alpha value is -1.53. The minimum absolute atomic E-state index is 0.279. The zero-order valence-electron chi connectivity index (χ0n) is 12.2. The van der Waals surface area contributed by atoms with Crippen molar-refractivity contribution in [2.45, 2.75) is 37.6 Å². The zero-order chi connectivity index (χ0) is 14.0. The molecule has 2 aliphatic rings. The van der Waals surface area contributed by atoms with Gasteiger partial charge in [0.15, 0.2) is 0 Å². The van der Waals surface area contributed by atoms with Crippen LogP contribution in [-0.4, -0.2) is 25.7 Å². The van der Waals surface area contributed by atoms with Gasteiger partial charge in [-0.3, -0.25) is 0 Å². The van der Waals surface area contributed by atoms with E-state index >= 15 is 0 Å². The normalized spacial score (nSPS) is 28.4. The summed E-state index contributed by atoms with van der Waals surface area (Å²) in [4.78, 5) is 2.49. The van der Waals surface area contributed by atoms with Crippen LogP contribution in [-0.2, 0) is 6.42 Å². The third-order valence-electron chi connectivity index (χ3n) is 5.20. The topological polar surface area (TPSA) is 39.1 Å². The second-order valence-electron chi connectivity index (χ2n) is 6.08. The first-order valence-corrected chi connectivity index (χ1v) is 7.72. The minimum Gasteiger partial charge on any atom is -0.371 e. The standard InChI is InChI=1S/C17H23N3/c1-19-17(13-18)10-4-6-15(17)9-12-20-11-8-14-5-2-3-7-16(14)20/h2-3,5,7,15,19H,4,6,8-12H2,1H3. The Kier molecular flexibility index (Phi) is 3.67. The molecule has 0 spiro atoms. The number of para-hydroxylation sites is 1. The first-order valence-electron chi connectivity index (χ1n) is 7.72. The van der Waals surface area contributed by atoms with Gasteiger partial charge in [0.05, 0.1) is 6.07 Å². The Morgan fingerprint density at radius 2 is 2.30 bits per heavy atom. The molecule has 1 saturated carbocycles. The van der Waals surface area contributed by atoms with Gasteiger partial charge in [-0.1, -0.05) is 24.6 Å². The van der Waals surface area contributed by atoms with Crippen LogP contribution < -0.4 is 10.2 Å². The monoisotopic (exact) mass is 269 g/mol. The van der Waals surface area contributed by atoms with E-state index in [2.05, 4.69) is 40.6 Å². The third kappa shape index (κ3) is 2.19. The minimum atomic E-state index is -0.279. The highest BCUT2D eigenvalue weighted by Gasteiger charge is 2.41. The molecule has 3 rings (SSSR count). The summed E-state index contributed by atoms with van der Waals surface area (Å²) in [7, 11) is 1.94. The van der Waals surface area contributed by atoms with Crippen LogP contribution in [0.25, 0.3) is 0 Å². The molecule has 1 heterocycles. The van der Waals surface area contributed by atoms with Crippen LogP contribution in [0.1, 0.15) is 31.2 Å². The van der Waals surface area contributed by atoms with E-state index in [0.29, 0.717) is 5.92 Å². The molecule has 106 valence electrons. The van der Waals surface area contributed by atoms with Crippen molar-refractivity contribution in [1.82, 2.24) is 5.32 Å². The van der Waals surface area contributed by atoms with Gasteiger partial charge in [0.2, 0.25) is 0 Å². The summed E-state index contributed by atoms with van der Waals surface area (Å²) in [6, 6.07) is 11.3. The predicted octanol–water partition coefficient (Wildman–Crippen LogP) is 2.72. The van der Waals surface area contributed by atoms with Crippen molar-refractivity contribution in [3.63, 3.8) is 0 Å². The highest BCUT2D eigenvalue weighted by molar-refractivity contribution is 5.57. The summed E-state index contributed by atoms with van der Waals surface area (Å²) in [6.07, 6.45) is 5.64. The van der Waals surface area contributed by atoms with E-state index in [-0.39, 0.29) is 5.54 Å². The highest BCUT2D eigenvalue weighted by Crippen LogP contribution is 2.38. The second-order valence-corrected chi connectivity index (χ2v) is 6.08. The quantitative estimate of drug-likeness (QED) is 0.913. The Labute approximate surface area is 121 Å². The molecule has 0 aromatic heterocycles. The summed E-state index contributed by atoms with van der Waals surface area (Å²) >= 11 is 0. The van der Waals surface area contributed by atoms with Gasteiger partial charge in [-0.05, 0) is 50.3 Å². The van der Waals surface area contributed by atoms with Gasteiger partial charge in [0.1, 0.15) is 5.54 Å². The largest absolute Gasteiger partial charge is 0.371 e. The van der Waals surface area contributed by atoms with Crippen molar-refractivity contribution >= 4 is 5.69 Å². The molecule has 1 aliphatic heterocycles. The number of hydrogen-bond acceptors (Lipinski definition) is 3. The average molecular weight is 269 g/mol. The molecule has 1 aromatic carbocycles. The Morgan fingerprint density at radius 3 is 3.10 bits per heavy atom. The average Bonchev–Trinajstić information content (AvgIpc) is 3.09. The summed E-state index contributed by atoms with van der Waals surface area (Å²) in [5, 5.41) is 12.8. The van der Waals surface area contributed by atoms with Crippen LogP contribution in [0.15, 0.2) is 24.3 Å². The maximum absolute atomic E-state index is 9.51. The van der Waals surface area contributed by atoms with Crippen molar-refractivity contribution in [1.29, 1.82) is 5.26 Å². The lowest BCUT2D eigenvalue weighted by Crippen LogP contribution is -2.45. The molecule has 3 heteroatoms. The van der Waals surface area contributed by atoms with Crippen molar-refractivity contribution in [2.75, 3.05) is 25.0 Å². The molecule has 2 unspecified atom stereocenters. The number of rotatable bonds is 4. The molecular formula is C17H23N3. The van der Waals surface area contributed by atoms with E-state index in [9.17, 15) is 5.26 Å².